The number of hydrogen-bond donors (Lipinski definition) is 2. The molecule has 1 amide bonds. The molecule has 1 heterocycles. The molecule has 0 saturated heterocycles. The van der Waals surface area contributed by atoms with Crippen molar-refractivity contribution in [1.29, 1.82) is 0 Å². The van der Waals surface area contributed by atoms with E-state index in [4.69, 9.17) is 0 Å². The maximum Gasteiger partial charge on any atom is 0.254 e. The largest absolute Gasteiger partial charge is 0.352 e. The highest BCUT2D eigenvalue weighted by Crippen LogP contribution is 2.25. The van der Waals surface area contributed by atoms with E-state index in [1.807, 2.05) is 18.2 Å². The normalized spacial score (nSPS) is 10.7. The lowest BCUT2D eigenvalue weighted by Gasteiger charge is -2.13. The van der Waals surface area contributed by atoms with Crippen molar-refractivity contribution in [1.82, 2.24) is 15.3 Å². The quantitative estimate of drug-likeness (QED) is 0.711. The topological polar surface area (TPSA) is 66.9 Å². The summed E-state index contributed by atoms with van der Waals surface area (Å²) in [4.78, 5) is 20.5. The summed E-state index contributed by atoms with van der Waals surface area (Å²) in [5, 5.41) is 6.11. The van der Waals surface area contributed by atoms with Crippen LogP contribution < -0.4 is 10.6 Å². The summed E-state index contributed by atoms with van der Waals surface area (Å²) in [7, 11) is 0. The highest BCUT2D eigenvalue weighted by Gasteiger charge is 2.09. The van der Waals surface area contributed by atoms with Gasteiger partial charge in [0.1, 0.15) is 0 Å². The molecule has 5 nitrogen and oxygen atoms in total. The number of nitrogens with one attached hydrogen (secondary N) is 2. The van der Waals surface area contributed by atoms with E-state index in [1.165, 1.54) is 5.56 Å². The number of unbranched alkanes of at least 4 members (excludes halogenated alkanes) is 2. The Morgan fingerprint density at radius 3 is 2.50 bits per heavy atom. The fourth-order valence-electron chi connectivity index (χ4n) is 2.42. The minimum absolute atomic E-state index is 0.125. The molecule has 0 aliphatic carbocycles. The van der Waals surface area contributed by atoms with E-state index in [9.17, 15) is 4.79 Å². The van der Waals surface area contributed by atoms with Crippen LogP contribution in [0.3, 0.4) is 0 Å². The van der Waals surface area contributed by atoms with Crippen molar-refractivity contribution in [3.05, 3.63) is 47.8 Å². The van der Waals surface area contributed by atoms with Gasteiger partial charge in [0.05, 0.1) is 5.56 Å². The number of nitrogens with zero attached hydrogens (tertiary/aromatic N) is 2. The predicted octanol–water partition coefficient (Wildman–Crippen LogP) is 4.26. The zero-order valence-electron chi connectivity index (χ0n) is 14.7. The van der Waals surface area contributed by atoms with E-state index in [-0.39, 0.29) is 5.91 Å². The number of benzene rings is 1. The van der Waals surface area contributed by atoms with Crippen molar-refractivity contribution in [2.24, 2.45) is 0 Å². The third-order valence-corrected chi connectivity index (χ3v) is 3.81. The van der Waals surface area contributed by atoms with Gasteiger partial charge in [-0.15, -0.1) is 0 Å². The average Bonchev–Trinajstić information content (AvgIpc) is 2.59. The van der Waals surface area contributed by atoms with Gasteiger partial charge in [0.2, 0.25) is 5.95 Å². The molecular weight excluding hydrogens is 300 g/mol. The van der Waals surface area contributed by atoms with Crippen LogP contribution in [-0.2, 0) is 0 Å². The van der Waals surface area contributed by atoms with Gasteiger partial charge in [-0.25, -0.2) is 9.97 Å². The molecule has 0 bridgehead atoms. The lowest BCUT2D eigenvalue weighted by molar-refractivity contribution is 0.0952. The summed E-state index contributed by atoms with van der Waals surface area (Å²) in [5.74, 6) is 0.771. The Morgan fingerprint density at radius 2 is 1.83 bits per heavy atom. The van der Waals surface area contributed by atoms with Crippen LogP contribution in [0.2, 0.25) is 0 Å². The number of amides is 1. The second-order valence-corrected chi connectivity index (χ2v) is 6.13. The summed E-state index contributed by atoms with van der Waals surface area (Å²) >= 11 is 0. The van der Waals surface area contributed by atoms with Gasteiger partial charge in [0.25, 0.3) is 5.91 Å². The highest BCUT2D eigenvalue weighted by molar-refractivity contribution is 5.93. The van der Waals surface area contributed by atoms with Crippen LogP contribution in [0.15, 0.2) is 36.7 Å². The van der Waals surface area contributed by atoms with Gasteiger partial charge in [-0.1, -0.05) is 51.8 Å². The number of rotatable bonds is 8. The van der Waals surface area contributed by atoms with Crippen LogP contribution in [0.5, 0.6) is 0 Å². The van der Waals surface area contributed by atoms with Gasteiger partial charge >= 0.3 is 0 Å². The molecule has 128 valence electrons. The number of carbonyl (C=O) groups excluding carboxylic acids is 1. The standard InChI is InChI=1S/C19H26N4O/c1-4-5-8-11-20-18(24)15-12-21-19(22-13-15)23-17-10-7-6-9-16(17)14(2)3/h6-7,9-10,12-14H,4-5,8,11H2,1-3H3,(H,20,24)(H,21,22,23). The Bertz CT molecular complexity index is 653. The predicted molar refractivity (Wildman–Crippen MR) is 97.7 cm³/mol. The molecule has 0 fully saturated rings. The summed E-state index contributed by atoms with van der Waals surface area (Å²) < 4.78 is 0. The summed E-state index contributed by atoms with van der Waals surface area (Å²) in [5.41, 5.74) is 2.68. The Morgan fingerprint density at radius 1 is 1.12 bits per heavy atom. The third-order valence-electron chi connectivity index (χ3n) is 3.81. The fourth-order valence-corrected chi connectivity index (χ4v) is 2.42. The van der Waals surface area contributed by atoms with Crippen molar-refractivity contribution >= 4 is 17.5 Å². The molecule has 0 saturated carbocycles. The molecule has 0 aliphatic heterocycles. The summed E-state index contributed by atoms with van der Waals surface area (Å²) in [6, 6.07) is 8.10. The number of anilines is 2. The first kappa shape index (κ1) is 17.9. The second kappa shape index (κ2) is 9.01. The van der Waals surface area contributed by atoms with E-state index >= 15 is 0 Å². The van der Waals surface area contributed by atoms with Crippen molar-refractivity contribution < 1.29 is 4.79 Å². The molecule has 0 radical (unpaired) electrons. The molecule has 0 aliphatic rings. The van der Waals surface area contributed by atoms with Crippen molar-refractivity contribution in [3.8, 4) is 0 Å². The second-order valence-electron chi connectivity index (χ2n) is 6.13. The van der Waals surface area contributed by atoms with Crippen molar-refractivity contribution in [2.45, 2.75) is 46.0 Å². The van der Waals surface area contributed by atoms with Gasteiger partial charge in [-0.05, 0) is 24.0 Å². The molecule has 0 unspecified atom stereocenters. The van der Waals surface area contributed by atoms with E-state index in [2.05, 4.69) is 47.4 Å². The van der Waals surface area contributed by atoms with Crippen molar-refractivity contribution in [3.63, 3.8) is 0 Å². The number of carbonyl (C=O) groups is 1. The first-order valence-corrected chi connectivity index (χ1v) is 8.58. The first-order valence-electron chi connectivity index (χ1n) is 8.58. The maximum atomic E-state index is 12.0. The van der Waals surface area contributed by atoms with Crippen LogP contribution in [-0.4, -0.2) is 22.4 Å². The molecule has 2 N–H and O–H groups in total. The number of aromatic nitrogens is 2. The van der Waals surface area contributed by atoms with Gasteiger partial charge in [0.15, 0.2) is 0 Å². The minimum Gasteiger partial charge on any atom is -0.352 e. The molecule has 2 aromatic rings. The van der Waals surface area contributed by atoms with E-state index in [1.54, 1.807) is 12.4 Å². The van der Waals surface area contributed by atoms with Gasteiger partial charge in [0, 0.05) is 24.6 Å². The highest BCUT2D eigenvalue weighted by atomic mass is 16.1. The molecular formula is C19H26N4O. The van der Waals surface area contributed by atoms with Crippen LogP contribution in [0.4, 0.5) is 11.6 Å². The molecule has 24 heavy (non-hydrogen) atoms. The van der Waals surface area contributed by atoms with Crippen LogP contribution >= 0.6 is 0 Å². The molecule has 2 rings (SSSR count). The molecule has 0 atom stereocenters. The lowest BCUT2D eigenvalue weighted by atomic mass is 10.0. The summed E-state index contributed by atoms with van der Waals surface area (Å²) in [6.07, 6.45) is 6.37. The van der Waals surface area contributed by atoms with Gasteiger partial charge in [-0.2, -0.15) is 0 Å². The van der Waals surface area contributed by atoms with Gasteiger partial charge in [-0.3, -0.25) is 4.79 Å². The maximum absolute atomic E-state index is 12.0. The Hall–Kier alpha value is -2.43. The van der Waals surface area contributed by atoms with E-state index in [0.29, 0.717) is 24.0 Å². The Balaban J connectivity index is 1.98. The molecule has 1 aromatic carbocycles. The summed E-state index contributed by atoms with van der Waals surface area (Å²) in [6.45, 7) is 7.12. The first-order chi connectivity index (χ1) is 11.6. The minimum atomic E-state index is -0.125. The Kier molecular flexibility index (Phi) is 6.73. The number of hydrogen-bond acceptors (Lipinski definition) is 4. The van der Waals surface area contributed by atoms with E-state index < -0.39 is 0 Å². The third kappa shape index (κ3) is 5.05. The zero-order chi connectivity index (χ0) is 17.4. The van der Waals surface area contributed by atoms with E-state index in [0.717, 1.165) is 24.9 Å². The molecule has 1 aromatic heterocycles. The van der Waals surface area contributed by atoms with Gasteiger partial charge < -0.3 is 10.6 Å². The molecule has 0 spiro atoms. The Labute approximate surface area is 143 Å². The number of para-hydroxylation sites is 1. The average molecular weight is 326 g/mol. The fraction of sp³-hybridized carbons (Fsp3) is 0.421. The smallest absolute Gasteiger partial charge is 0.254 e. The SMILES string of the molecule is CCCCCNC(=O)c1cnc(Nc2ccccc2C(C)C)nc1. The van der Waals surface area contributed by atoms with Crippen LogP contribution in [0, 0.1) is 0 Å². The van der Waals surface area contributed by atoms with Crippen LogP contribution in [0.25, 0.3) is 0 Å². The van der Waals surface area contributed by atoms with Crippen molar-refractivity contribution in [2.75, 3.05) is 11.9 Å². The monoisotopic (exact) mass is 326 g/mol. The van der Waals surface area contributed by atoms with Crippen LogP contribution in [0.1, 0.15) is 61.9 Å². The lowest BCUT2D eigenvalue weighted by Crippen LogP contribution is -2.24. The zero-order valence-corrected chi connectivity index (χ0v) is 14.7. The molecule has 5 heteroatoms.